The molecule has 1 aromatic heterocycles. The molecule has 0 aliphatic heterocycles. The molecule has 0 fully saturated rings. The second-order valence-corrected chi connectivity index (χ2v) is 7.03. The molecule has 2 rings (SSSR count). The number of hydrogen-bond acceptors (Lipinski definition) is 5. The molecule has 0 aliphatic rings. The molecule has 0 radical (unpaired) electrons. The van der Waals surface area contributed by atoms with Crippen molar-refractivity contribution in [3.63, 3.8) is 0 Å². The van der Waals surface area contributed by atoms with Crippen LogP contribution < -0.4 is 10.6 Å². The van der Waals surface area contributed by atoms with Crippen LogP contribution in [0, 0.1) is 12.8 Å². The molecule has 1 heterocycles. The highest BCUT2D eigenvalue weighted by Gasteiger charge is 2.26. The number of anilines is 1. The molecular formula is C18H24N4O2S. The van der Waals surface area contributed by atoms with E-state index in [9.17, 15) is 9.59 Å². The van der Waals surface area contributed by atoms with Gasteiger partial charge in [-0.3, -0.25) is 14.9 Å². The van der Waals surface area contributed by atoms with E-state index >= 15 is 0 Å². The maximum Gasteiger partial charge on any atom is 0.249 e. The van der Waals surface area contributed by atoms with Gasteiger partial charge >= 0.3 is 0 Å². The summed E-state index contributed by atoms with van der Waals surface area (Å²) < 4.78 is 0. The van der Waals surface area contributed by atoms with Crippen molar-refractivity contribution in [2.24, 2.45) is 5.92 Å². The summed E-state index contributed by atoms with van der Waals surface area (Å²) in [5.74, 6) is -0.374. The highest BCUT2D eigenvalue weighted by Crippen LogP contribution is 2.26. The smallest absolute Gasteiger partial charge is 0.249 e. The number of rotatable bonds is 7. The molecule has 2 aromatic rings. The fourth-order valence-electron chi connectivity index (χ4n) is 2.25. The topological polar surface area (TPSA) is 84.0 Å². The Hall–Kier alpha value is -2.28. The van der Waals surface area contributed by atoms with Gasteiger partial charge in [0, 0.05) is 12.0 Å². The number of nitrogens with zero attached hydrogens (tertiary/aromatic N) is 2. The Labute approximate surface area is 152 Å². The van der Waals surface area contributed by atoms with Crippen LogP contribution in [0.3, 0.4) is 0 Å². The largest absolute Gasteiger partial charge is 0.344 e. The van der Waals surface area contributed by atoms with Crippen LogP contribution in [0.2, 0.25) is 0 Å². The minimum absolute atomic E-state index is 0.0278. The molecule has 1 aromatic carbocycles. The van der Waals surface area contributed by atoms with E-state index in [0.717, 1.165) is 17.0 Å². The van der Waals surface area contributed by atoms with E-state index in [1.54, 1.807) is 6.92 Å². The van der Waals surface area contributed by atoms with Crippen LogP contribution in [-0.2, 0) is 9.59 Å². The van der Waals surface area contributed by atoms with Crippen molar-refractivity contribution < 1.29 is 9.59 Å². The number of amides is 2. The Balaban J connectivity index is 2.10. The summed E-state index contributed by atoms with van der Waals surface area (Å²) in [6, 6.07) is 7.39. The number of benzene rings is 1. The first kappa shape index (κ1) is 19.1. The fraction of sp³-hybridized carbons (Fsp3) is 0.444. The van der Waals surface area contributed by atoms with Crippen LogP contribution in [0.4, 0.5) is 5.13 Å². The maximum atomic E-state index is 12.6. The van der Waals surface area contributed by atoms with Gasteiger partial charge in [0.2, 0.25) is 16.9 Å². The van der Waals surface area contributed by atoms with Crippen LogP contribution in [0.25, 0.3) is 10.6 Å². The molecule has 2 N–H and O–H groups in total. The molecule has 0 aliphatic carbocycles. The van der Waals surface area contributed by atoms with Crippen molar-refractivity contribution in [3.8, 4) is 10.6 Å². The third-order valence-electron chi connectivity index (χ3n) is 4.09. The van der Waals surface area contributed by atoms with E-state index < -0.39 is 6.04 Å². The molecule has 0 spiro atoms. The van der Waals surface area contributed by atoms with Gasteiger partial charge in [-0.05, 0) is 12.8 Å². The van der Waals surface area contributed by atoms with Gasteiger partial charge in [0.05, 0.1) is 0 Å². The maximum absolute atomic E-state index is 12.6. The summed E-state index contributed by atoms with van der Waals surface area (Å²) in [6.07, 6.45) is 1.13. The highest BCUT2D eigenvalue weighted by molar-refractivity contribution is 7.18. The first-order valence-corrected chi connectivity index (χ1v) is 9.27. The number of aryl methyl sites for hydroxylation is 1. The predicted molar refractivity (Wildman–Crippen MR) is 100 cm³/mol. The van der Waals surface area contributed by atoms with Crippen molar-refractivity contribution >= 4 is 28.3 Å². The molecule has 6 nitrogen and oxygen atoms in total. The zero-order valence-electron chi connectivity index (χ0n) is 15.0. The summed E-state index contributed by atoms with van der Waals surface area (Å²) in [5.41, 5.74) is 2.13. The normalized spacial score (nSPS) is 13.1. The SMILES string of the molecule is CCC(=O)N[C@H](C(=O)Nc1nnc(-c2ccc(C)cc2)s1)[C@H](C)CC. The molecule has 2 atom stereocenters. The van der Waals surface area contributed by atoms with Crippen LogP contribution >= 0.6 is 11.3 Å². The second kappa shape index (κ2) is 8.71. The van der Waals surface area contributed by atoms with Gasteiger partial charge in [-0.15, -0.1) is 10.2 Å². The molecule has 25 heavy (non-hydrogen) atoms. The average Bonchev–Trinajstić information content (AvgIpc) is 3.07. The molecule has 0 saturated heterocycles. The number of carbonyl (C=O) groups excluding carboxylic acids is 2. The van der Waals surface area contributed by atoms with E-state index in [1.807, 2.05) is 45.0 Å². The summed E-state index contributed by atoms with van der Waals surface area (Å²) >= 11 is 1.31. The lowest BCUT2D eigenvalue weighted by Gasteiger charge is -2.22. The van der Waals surface area contributed by atoms with Crippen molar-refractivity contribution in [3.05, 3.63) is 29.8 Å². The van der Waals surface area contributed by atoms with Crippen LogP contribution in [0.15, 0.2) is 24.3 Å². The second-order valence-electron chi connectivity index (χ2n) is 6.05. The summed E-state index contributed by atoms with van der Waals surface area (Å²) in [5, 5.41) is 14.9. The number of carbonyl (C=O) groups is 2. The summed E-state index contributed by atoms with van der Waals surface area (Å²) in [6.45, 7) is 7.72. The zero-order valence-corrected chi connectivity index (χ0v) is 15.8. The minimum Gasteiger partial charge on any atom is -0.344 e. The van der Waals surface area contributed by atoms with Crippen molar-refractivity contribution in [1.82, 2.24) is 15.5 Å². The molecular weight excluding hydrogens is 336 g/mol. The van der Waals surface area contributed by atoms with Gasteiger partial charge in [0.15, 0.2) is 0 Å². The lowest BCUT2D eigenvalue weighted by Crippen LogP contribution is -2.47. The average molecular weight is 360 g/mol. The third-order valence-corrected chi connectivity index (χ3v) is 4.97. The van der Waals surface area contributed by atoms with Crippen molar-refractivity contribution in [1.29, 1.82) is 0 Å². The van der Waals surface area contributed by atoms with Gasteiger partial charge in [-0.25, -0.2) is 0 Å². The zero-order chi connectivity index (χ0) is 18.4. The van der Waals surface area contributed by atoms with E-state index in [-0.39, 0.29) is 17.7 Å². The first-order valence-electron chi connectivity index (χ1n) is 8.45. The Morgan fingerprint density at radius 1 is 1.16 bits per heavy atom. The molecule has 134 valence electrons. The Kier molecular flexibility index (Phi) is 6.64. The van der Waals surface area contributed by atoms with Crippen molar-refractivity contribution in [2.75, 3.05) is 5.32 Å². The van der Waals surface area contributed by atoms with Gasteiger partial charge in [-0.1, -0.05) is 68.4 Å². The number of nitrogens with one attached hydrogen (secondary N) is 2. The lowest BCUT2D eigenvalue weighted by atomic mass is 9.98. The first-order chi connectivity index (χ1) is 11.9. The van der Waals surface area contributed by atoms with E-state index in [1.165, 1.54) is 16.9 Å². The predicted octanol–water partition coefficient (Wildman–Crippen LogP) is 3.39. The monoisotopic (exact) mass is 360 g/mol. The Bertz CT molecular complexity index is 727. The molecule has 0 unspecified atom stereocenters. The molecule has 0 bridgehead atoms. The van der Waals surface area contributed by atoms with Gasteiger partial charge < -0.3 is 5.32 Å². The number of aromatic nitrogens is 2. The molecule has 2 amide bonds. The quantitative estimate of drug-likeness (QED) is 0.793. The van der Waals surface area contributed by atoms with Crippen molar-refractivity contribution in [2.45, 2.75) is 46.6 Å². The fourth-order valence-corrected chi connectivity index (χ4v) is 3.00. The third kappa shape index (κ3) is 5.09. The standard InChI is InChI=1S/C18H24N4O2S/c1-5-12(4)15(19-14(23)6-2)16(24)20-18-22-21-17(25-18)13-9-7-11(3)8-10-13/h7-10,12,15H,5-6H2,1-4H3,(H,19,23)(H,20,22,24)/t12-,15+/m1/s1. The van der Waals surface area contributed by atoms with Crippen LogP contribution in [0.1, 0.15) is 39.2 Å². The van der Waals surface area contributed by atoms with Gasteiger partial charge in [0.25, 0.3) is 0 Å². The Morgan fingerprint density at radius 2 is 1.84 bits per heavy atom. The van der Waals surface area contributed by atoms with E-state index in [2.05, 4.69) is 20.8 Å². The van der Waals surface area contributed by atoms with E-state index in [4.69, 9.17) is 0 Å². The van der Waals surface area contributed by atoms with E-state index in [0.29, 0.717) is 11.6 Å². The molecule has 0 saturated carbocycles. The minimum atomic E-state index is -0.579. The van der Waals surface area contributed by atoms with Gasteiger partial charge in [0.1, 0.15) is 11.0 Å². The molecule has 7 heteroatoms. The van der Waals surface area contributed by atoms with Crippen LogP contribution in [-0.4, -0.2) is 28.1 Å². The number of hydrogen-bond donors (Lipinski definition) is 2. The highest BCUT2D eigenvalue weighted by atomic mass is 32.1. The Morgan fingerprint density at radius 3 is 2.44 bits per heavy atom. The van der Waals surface area contributed by atoms with Gasteiger partial charge in [-0.2, -0.15) is 0 Å². The van der Waals surface area contributed by atoms with Crippen LogP contribution in [0.5, 0.6) is 0 Å². The summed E-state index contributed by atoms with van der Waals surface area (Å²) in [4.78, 5) is 24.3. The summed E-state index contributed by atoms with van der Waals surface area (Å²) in [7, 11) is 0. The lowest BCUT2D eigenvalue weighted by molar-refractivity contribution is -0.127.